The van der Waals surface area contributed by atoms with E-state index in [9.17, 15) is 0 Å². The highest BCUT2D eigenvalue weighted by Gasteiger charge is 2.43. The lowest BCUT2D eigenvalue weighted by molar-refractivity contribution is 1.13. The van der Waals surface area contributed by atoms with Crippen LogP contribution in [0.1, 0.15) is 0 Å². The zero-order chi connectivity index (χ0) is 41.7. The first kappa shape index (κ1) is 36.8. The molecule has 2 aromatic heterocycles. The molecule has 0 aliphatic heterocycles. The molecule has 2 heterocycles. The molecule has 63 heavy (non-hydrogen) atoms. The molecule has 0 fully saturated rings. The number of nitrogens with zero attached hydrogens (tertiary/aromatic N) is 2. The maximum atomic E-state index is 2.60. The van der Waals surface area contributed by atoms with Gasteiger partial charge in [-0.15, -0.1) is 0 Å². The Labute approximate surface area is 368 Å². The molecule has 0 unspecified atom stereocenters. The van der Waals surface area contributed by atoms with Gasteiger partial charge in [-0.3, -0.25) is 0 Å². The fourth-order valence-electron chi connectivity index (χ4n) is 10.5. The number of rotatable bonds is 8. The Morgan fingerprint density at radius 2 is 0.698 bits per heavy atom. The monoisotopic (exact) mass is 818 g/mol. The second-order valence-electron chi connectivity index (χ2n) is 16.4. The maximum absolute atomic E-state index is 2.97. The highest BCUT2D eigenvalue weighted by molar-refractivity contribution is 7.20. The van der Waals surface area contributed by atoms with Crippen molar-refractivity contribution in [3.05, 3.63) is 255 Å². The van der Waals surface area contributed by atoms with E-state index in [-0.39, 0.29) is 0 Å². The quantitative estimate of drug-likeness (QED) is 0.107. The molecule has 2 nitrogen and oxygen atoms in total. The fourth-order valence-corrected chi connectivity index (χ4v) is 15.5. The van der Waals surface area contributed by atoms with E-state index in [1.165, 1.54) is 86.6 Å². The highest BCUT2D eigenvalue weighted by atomic mass is 28.3. The molecule has 12 rings (SSSR count). The third-order valence-corrected chi connectivity index (χ3v) is 17.9. The third-order valence-electron chi connectivity index (χ3n) is 13.1. The Bertz CT molecular complexity index is 3500. The minimum Gasteiger partial charge on any atom is -0.307 e. The molecule has 0 N–H and O–H groups in total. The molecular formula is C60H42N2Si. The van der Waals surface area contributed by atoms with Crippen molar-refractivity contribution in [2.75, 3.05) is 0 Å². The SMILES string of the molecule is c1ccc(-c2ccccc2-n2c3ccccc3c3cccc(-n4c5cccc([Si](c6ccccc6)(c6ccccc6)c6ccccc6)c5c5cccc(-c6ccccc6)c54)c32)cc1. The summed E-state index contributed by atoms with van der Waals surface area (Å²) in [6.07, 6.45) is 0. The van der Waals surface area contributed by atoms with E-state index in [4.69, 9.17) is 0 Å². The Morgan fingerprint density at radius 3 is 1.35 bits per heavy atom. The van der Waals surface area contributed by atoms with Gasteiger partial charge in [0.1, 0.15) is 0 Å². The van der Waals surface area contributed by atoms with Gasteiger partial charge in [-0.2, -0.15) is 0 Å². The lowest BCUT2D eigenvalue weighted by atomic mass is 10.0. The molecule has 0 aliphatic rings. The molecule has 0 saturated carbocycles. The van der Waals surface area contributed by atoms with E-state index in [1.54, 1.807) is 0 Å². The van der Waals surface area contributed by atoms with Crippen molar-refractivity contribution < 1.29 is 0 Å². The summed E-state index contributed by atoms with van der Waals surface area (Å²) >= 11 is 0. The summed E-state index contributed by atoms with van der Waals surface area (Å²) < 4.78 is 5.12. The van der Waals surface area contributed by atoms with Gasteiger partial charge < -0.3 is 9.13 Å². The first-order valence-electron chi connectivity index (χ1n) is 21.8. The number of hydrogen-bond acceptors (Lipinski definition) is 0. The summed E-state index contributed by atoms with van der Waals surface area (Å²) in [5, 5.41) is 10.4. The van der Waals surface area contributed by atoms with E-state index in [0.29, 0.717) is 0 Å². The number of para-hydroxylation sites is 4. The summed E-state index contributed by atoms with van der Waals surface area (Å²) in [5.74, 6) is 0. The van der Waals surface area contributed by atoms with Crippen LogP contribution in [0.4, 0.5) is 0 Å². The largest absolute Gasteiger partial charge is 0.307 e. The first-order valence-corrected chi connectivity index (χ1v) is 23.8. The van der Waals surface area contributed by atoms with Gasteiger partial charge in [0.2, 0.25) is 0 Å². The van der Waals surface area contributed by atoms with Crippen LogP contribution in [0.3, 0.4) is 0 Å². The van der Waals surface area contributed by atoms with Crippen LogP contribution in [-0.2, 0) is 0 Å². The van der Waals surface area contributed by atoms with Crippen LogP contribution in [0.15, 0.2) is 255 Å². The van der Waals surface area contributed by atoms with Gasteiger partial charge in [0.25, 0.3) is 0 Å². The van der Waals surface area contributed by atoms with Gasteiger partial charge in [0, 0.05) is 32.7 Å². The Balaban J connectivity index is 1.29. The molecule has 3 heteroatoms. The van der Waals surface area contributed by atoms with Crippen molar-refractivity contribution in [2.45, 2.75) is 0 Å². The van der Waals surface area contributed by atoms with Crippen LogP contribution >= 0.6 is 0 Å². The zero-order valence-electron chi connectivity index (χ0n) is 34.6. The molecule has 0 atom stereocenters. The zero-order valence-corrected chi connectivity index (χ0v) is 35.6. The molecule has 0 saturated heterocycles. The van der Waals surface area contributed by atoms with Gasteiger partial charge >= 0.3 is 0 Å². The van der Waals surface area contributed by atoms with E-state index in [0.717, 1.165) is 11.4 Å². The predicted molar refractivity (Wildman–Crippen MR) is 270 cm³/mol. The lowest BCUT2D eigenvalue weighted by Gasteiger charge is -2.35. The molecule has 0 aliphatic carbocycles. The Hall–Kier alpha value is -7.98. The highest BCUT2D eigenvalue weighted by Crippen LogP contribution is 2.43. The molecule has 0 radical (unpaired) electrons. The molecular weight excluding hydrogens is 777 g/mol. The van der Waals surface area contributed by atoms with Crippen LogP contribution in [0.5, 0.6) is 0 Å². The first-order chi connectivity index (χ1) is 31.3. The Kier molecular flexibility index (Phi) is 8.87. The van der Waals surface area contributed by atoms with Crippen LogP contribution in [-0.4, -0.2) is 17.2 Å². The molecule has 296 valence electrons. The third kappa shape index (κ3) is 5.71. The summed E-state index contributed by atoms with van der Waals surface area (Å²) in [5.41, 5.74) is 11.8. The van der Waals surface area contributed by atoms with Crippen LogP contribution in [0, 0.1) is 0 Å². The van der Waals surface area contributed by atoms with E-state index in [1.807, 2.05) is 0 Å². The van der Waals surface area contributed by atoms with E-state index < -0.39 is 8.07 Å². The van der Waals surface area contributed by atoms with Crippen molar-refractivity contribution in [2.24, 2.45) is 0 Å². The van der Waals surface area contributed by atoms with Crippen LogP contribution in [0.25, 0.3) is 77.2 Å². The van der Waals surface area contributed by atoms with Crippen LogP contribution < -0.4 is 20.7 Å². The lowest BCUT2D eigenvalue weighted by Crippen LogP contribution is -2.74. The molecule has 12 aromatic rings. The van der Waals surface area contributed by atoms with Crippen molar-refractivity contribution in [1.82, 2.24) is 9.13 Å². The van der Waals surface area contributed by atoms with Gasteiger partial charge in [0.15, 0.2) is 8.07 Å². The van der Waals surface area contributed by atoms with Gasteiger partial charge in [0.05, 0.1) is 33.4 Å². The molecule has 0 amide bonds. The fraction of sp³-hybridized carbons (Fsp3) is 0. The minimum atomic E-state index is -2.97. The second kappa shape index (κ2) is 15.2. The number of hydrogen-bond donors (Lipinski definition) is 0. The molecule has 10 aromatic carbocycles. The van der Waals surface area contributed by atoms with Crippen LogP contribution in [0.2, 0.25) is 0 Å². The Morgan fingerprint density at radius 1 is 0.270 bits per heavy atom. The standard InChI is InChI=1S/C60H42N2Si/c1-6-23-43(24-7-1)48-33-16-18-38-53(48)61-54-39-19-17-34-50(54)51-36-21-41-56(60(51)61)62-55-40-22-42-57(58(55)52-37-20-35-49(59(52)62)44-25-8-2-9-26-44)63(45-27-10-3-11-28-45,46-29-12-4-13-30-46)47-31-14-5-15-32-47/h1-42H. The minimum absolute atomic E-state index is 1.14. The van der Waals surface area contributed by atoms with Gasteiger partial charge in [-0.1, -0.05) is 231 Å². The molecule has 0 spiro atoms. The van der Waals surface area contributed by atoms with E-state index in [2.05, 4.69) is 264 Å². The average Bonchev–Trinajstić information content (AvgIpc) is 3.89. The predicted octanol–water partition coefficient (Wildman–Crippen LogP) is 12.6. The smallest absolute Gasteiger partial charge is 0.180 e. The second-order valence-corrected chi connectivity index (χ2v) is 20.1. The van der Waals surface area contributed by atoms with Crippen molar-refractivity contribution in [1.29, 1.82) is 0 Å². The van der Waals surface area contributed by atoms with Gasteiger partial charge in [-0.05, 0) is 56.1 Å². The van der Waals surface area contributed by atoms with Gasteiger partial charge in [-0.25, -0.2) is 0 Å². The van der Waals surface area contributed by atoms with Crippen molar-refractivity contribution >= 4 is 72.4 Å². The topological polar surface area (TPSA) is 9.86 Å². The normalized spacial score (nSPS) is 11.8. The molecule has 0 bridgehead atoms. The number of aromatic nitrogens is 2. The maximum Gasteiger partial charge on any atom is 0.180 e. The summed E-state index contributed by atoms with van der Waals surface area (Å²) in [7, 11) is -2.97. The van der Waals surface area contributed by atoms with Crippen molar-refractivity contribution in [3.63, 3.8) is 0 Å². The number of fused-ring (bicyclic) bond motifs is 6. The average molecular weight is 819 g/mol. The van der Waals surface area contributed by atoms with E-state index >= 15 is 0 Å². The summed E-state index contributed by atoms with van der Waals surface area (Å²) in [4.78, 5) is 0. The summed E-state index contributed by atoms with van der Waals surface area (Å²) in [6.45, 7) is 0. The number of benzene rings is 10. The van der Waals surface area contributed by atoms with Crippen molar-refractivity contribution in [3.8, 4) is 33.6 Å². The summed E-state index contributed by atoms with van der Waals surface area (Å²) in [6, 6.07) is 94.3.